The Labute approximate surface area is 118 Å². The molecule has 0 radical (unpaired) electrons. The molecule has 0 aliphatic heterocycles. The maximum Gasteiger partial charge on any atom is 0.240 e. The van der Waals surface area contributed by atoms with Crippen LogP contribution in [0.25, 0.3) is 0 Å². The Hall–Kier alpha value is -1.80. The maximum atomic E-state index is 12.0. The van der Waals surface area contributed by atoms with E-state index in [9.17, 15) is 13.2 Å². The maximum absolute atomic E-state index is 12.0. The van der Waals surface area contributed by atoms with Gasteiger partial charge in [0.25, 0.3) is 0 Å². The van der Waals surface area contributed by atoms with Crippen LogP contribution in [0.2, 0.25) is 0 Å². The summed E-state index contributed by atoms with van der Waals surface area (Å²) < 4.78 is 36.5. The number of rotatable bonds is 7. The third kappa shape index (κ3) is 4.10. The van der Waals surface area contributed by atoms with Crippen LogP contribution in [0.3, 0.4) is 0 Å². The van der Waals surface area contributed by atoms with E-state index in [2.05, 4.69) is 10.0 Å². The molecule has 112 valence electrons. The number of methoxy groups -OCH3 is 2. The van der Waals surface area contributed by atoms with Gasteiger partial charge in [-0.15, -0.1) is 0 Å². The number of amides is 1. The van der Waals surface area contributed by atoms with Crippen LogP contribution in [0.15, 0.2) is 23.1 Å². The summed E-state index contributed by atoms with van der Waals surface area (Å²) in [5.74, 6) is 0.526. The van der Waals surface area contributed by atoms with Crippen LogP contribution in [0.1, 0.15) is 6.42 Å². The molecule has 0 spiro atoms. The molecule has 0 fully saturated rings. The zero-order valence-electron chi connectivity index (χ0n) is 11.6. The summed E-state index contributed by atoms with van der Waals surface area (Å²) in [6.07, 6.45) is 0.0724. The van der Waals surface area contributed by atoms with Crippen molar-refractivity contribution < 1.29 is 22.7 Å². The fourth-order valence-corrected chi connectivity index (χ4v) is 2.54. The van der Waals surface area contributed by atoms with Crippen LogP contribution < -0.4 is 19.5 Å². The summed E-state index contributed by atoms with van der Waals surface area (Å²) in [6.45, 7) is 0.0242. The minimum atomic E-state index is -3.69. The Kier molecular flexibility index (Phi) is 5.78. The number of hydrogen-bond acceptors (Lipinski definition) is 5. The topological polar surface area (TPSA) is 93.7 Å². The van der Waals surface area contributed by atoms with Crippen molar-refractivity contribution in [2.24, 2.45) is 0 Å². The summed E-state index contributed by atoms with van der Waals surface area (Å²) in [4.78, 5) is 11.1. The summed E-state index contributed by atoms with van der Waals surface area (Å²) >= 11 is 0. The molecule has 1 aromatic rings. The first-order valence-electron chi connectivity index (χ1n) is 5.87. The molecular formula is C12H18N2O5S. The minimum Gasteiger partial charge on any atom is -0.493 e. The molecule has 0 aliphatic rings. The largest absolute Gasteiger partial charge is 0.493 e. The van der Waals surface area contributed by atoms with Crippen LogP contribution in [-0.4, -0.2) is 42.1 Å². The molecule has 0 unspecified atom stereocenters. The van der Waals surface area contributed by atoms with E-state index in [4.69, 9.17) is 9.47 Å². The zero-order chi connectivity index (χ0) is 15.2. The molecule has 0 saturated carbocycles. The standard InChI is InChI=1S/C12H18N2O5S/c1-13-12(15)6-7-14-20(16,17)9-4-5-10(18-2)11(8-9)19-3/h4-5,8,14H,6-7H2,1-3H3,(H,13,15). The van der Waals surface area contributed by atoms with E-state index in [0.29, 0.717) is 11.5 Å². The summed E-state index contributed by atoms with van der Waals surface area (Å²) in [5, 5.41) is 2.41. The van der Waals surface area contributed by atoms with Crippen LogP contribution in [-0.2, 0) is 14.8 Å². The molecule has 0 atom stereocenters. The van der Waals surface area contributed by atoms with E-state index in [-0.39, 0.29) is 23.8 Å². The van der Waals surface area contributed by atoms with E-state index in [1.807, 2.05) is 0 Å². The second kappa shape index (κ2) is 7.11. The van der Waals surface area contributed by atoms with Crippen molar-refractivity contribution in [1.82, 2.24) is 10.0 Å². The number of ether oxygens (including phenoxy) is 2. The number of carbonyl (C=O) groups excluding carboxylic acids is 1. The first-order chi connectivity index (χ1) is 9.44. The van der Waals surface area contributed by atoms with Gasteiger partial charge in [-0.2, -0.15) is 0 Å². The highest BCUT2D eigenvalue weighted by atomic mass is 32.2. The smallest absolute Gasteiger partial charge is 0.240 e. The van der Waals surface area contributed by atoms with Gasteiger partial charge in [0.05, 0.1) is 19.1 Å². The average Bonchev–Trinajstić information content (AvgIpc) is 2.45. The Balaban J connectivity index is 2.84. The number of benzene rings is 1. The van der Waals surface area contributed by atoms with E-state index in [0.717, 1.165) is 0 Å². The van der Waals surface area contributed by atoms with Gasteiger partial charge in [0.15, 0.2) is 11.5 Å². The molecule has 7 nitrogen and oxygen atoms in total. The Bertz CT molecular complexity index is 571. The molecular weight excluding hydrogens is 284 g/mol. The van der Waals surface area contributed by atoms with E-state index < -0.39 is 10.0 Å². The molecule has 0 bridgehead atoms. The van der Waals surface area contributed by atoms with E-state index in [1.54, 1.807) is 0 Å². The quantitative estimate of drug-likeness (QED) is 0.746. The van der Waals surface area contributed by atoms with E-state index in [1.165, 1.54) is 39.5 Å². The SMILES string of the molecule is CNC(=O)CCNS(=O)(=O)c1ccc(OC)c(OC)c1. The number of nitrogens with one attached hydrogen (secondary N) is 2. The van der Waals surface area contributed by atoms with Crippen molar-refractivity contribution in [2.75, 3.05) is 27.8 Å². The second-order valence-corrected chi connectivity index (χ2v) is 5.60. The van der Waals surface area contributed by atoms with Gasteiger partial charge < -0.3 is 14.8 Å². The molecule has 1 amide bonds. The highest BCUT2D eigenvalue weighted by Crippen LogP contribution is 2.29. The van der Waals surface area contributed by atoms with Gasteiger partial charge in [-0.1, -0.05) is 0 Å². The third-order valence-corrected chi connectivity index (χ3v) is 4.05. The minimum absolute atomic E-state index is 0.0242. The lowest BCUT2D eigenvalue weighted by molar-refractivity contribution is -0.120. The highest BCUT2D eigenvalue weighted by molar-refractivity contribution is 7.89. The summed E-state index contributed by atoms with van der Waals surface area (Å²) in [5.41, 5.74) is 0. The molecule has 0 heterocycles. The molecule has 20 heavy (non-hydrogen) atoms. The zero-order valence-corrected chi connectivity index (χ0v) is 12.4. The van der Waals surface area contributed by atoms with Gasteiger partial charge in [-0.25, -0.2) is 13.1 Å². The molecule has 1 aromatic carbocycles. The highest BCUT2D eigenvalue weighted by Gasteiger charge is 2.16. The lowest BCUT2D eigenvalue weighted by Gasteiger charge is -2.10. The molecule has 8 heteroatoms. The van der Waals surface area contributed by atoms with Crippen molar-refractivity contribution in [1.29, 1.82) is 0 Å². The first-order valence-corrected chi connectivity index (χ1v) is 7.35. The lowest BCUT2D eigenvalue weighted by Crippen LogP contribution is -2.29. The normalized spacial score (nSPS) is 10.9. The summed E-state index contributed by atoms with van der Waals surface area (Å²) in [6, 6.07) is 4.27. The Morgan fingerprint density at radius 2 is 1.85 bits per heavy atom. The van der Waals surface area contributed by atoms with Crippen molar-refractivity contribution >= 4 is 15.9 Å². The second-order valence-electron chi connectivity index (χ2n) is 3.84. The van der Waals surface area contributed by atoms with Crippen molar-refractivity contribution in [3.05, 3.63) is 18.2 Å². The molecule has 0 saturated heterocycles. The predicted molar refractivity (Wildman–Crippen MR) is 73.4 cm³/mol. The van der Waals surface area contributed by atoms with Crippen LogP contribution in [0.5, 0.6) is 11.5 Å². The average molecular weight is 302 g/mol. The van der Waals surface area contributed by atoms with Crippen molar-refractivity contribution in [2.45, 2.75) is 11.3 Å². The number of carbonyl (C=O) groups is 1. The van der Waals surface area contributed by atoms with Crippen molar-refractivity contribution in [3.63, 3.8) is 0 Å². The first kappa shape index (κ1) is 16.3. The fourth-order valence-electron chi connectivity index (χ4n) is 1.49. The van der Waals surface area contributed by atoms with Crippen LogP contribution in [0.4, 0.5) is 0 Å². The van der Waals surface area contributed by atoms with Crippen molar-refractivity contribution in [3.8, 4) is 11.5 Å². The molecule has 1 rings (SSSR count). The van der Waals surface area contributed by atoms with Gasteiger partial charge in [0.2, 0.25) is 15.9 Å². The number of sulfonamides is 1. The van der Waals surface area contributed by atoms with Gasteiger partial charge >= 0.3 is 0 Å². The van der Waals surface area contributed by atoms with Gasteiger partial charge in [-0.3, -0.25) is 4.79 Å². The third-order valence-electron chi connectivity index (χ3n) is 2.59. The van der Waals surface area contributed by atoms with Crippen LogP contribution in [0, 0.1) is 0 Å². The fraction of sp³-hybridized carbons (Fsp3) is 0.417. The van der Waals surface area contributed by atoms with Crippen LogP contribution >= 0.6 is 0 Å². The summed E-state index contributed by atoms with van der Waals surface area (Å²) in [7, 11) is 0.694. The van der Waals surface area contributed by atoms with Gasteiger partial charge in [0.1, 0.15) is 0 Å². The monoisotopic (exact) mass is 302 g/mol. The van der Waals surface area contributed by atoms with E-state index >= 15 is 0 Å². The molecule has 0 aliphatic carbocycles. The number of hydrogen-bond donors (Lipinski definition) is 2. The Morgan fingerprint density at radius 1 is 1.20 bits per heavy atom. The molecule has 2 N–H and O–H groups in total. The predicted octanol–water partition coefficient (Wildman–Crippen LogP) is 0.118. The lowest BCUT2D eigenvalue weighted by atomic mass is 10.3. The van der Waals surface area contributed by atoms with Gasteiger partial charge in [-0.05, 0) is 12.1 Å². The molecule has 0 aromatic heterocycles. The van der Waals surface area contributed by atoms with Gasteiger partial charge in [0, 0.05) is 26.1 Å². The Morgan fingerprint density at radius 3 is 2.40 bits per heavy atom.